The highest BCUT2D eigenvalue weighted by Gasteiger charge is 1.99. The van der Waals surface area contributed by atoms with Crippen LogP contribution in [0.25, 0.3) is 0 Å². The highest BCUT2D eigenvalue weighted by Crippen LogP contribution is 2.14. The minimum Gasteiger partial charge on any atom is -0.193 e. The highest BCUT2D eigenvalue weighted by atomic mass is 14.2. The number of hydrogen-bond donors (Lipinski definition) is 0. The third-order valence-electron chi connectivity index (χ3n) is 1.29. The predicted octanol–water partition coefficient (Wildman–Crippen LogP) is 1.82. The van der Waals surface area contributed by atoms with E-state index in [2.05, 4.69) is 12.5 Å². The topological polar surface area (TPSA) is 23.8 Å². The van der Waals surface area contributed by atoms with Crippen LogP contribution < -0.4 is 0 Å². The van der Waals surface area contributed by atoms with Crippen LogP contribution in [0.3, 0.4) is 0 Å². The summed E-state index contributed by atoms with van der Waals surface area (Å²) in [7, 11) is 0. The zero-order valence-electron chi connectivity index (χ0n) is 4.72. The van der Waals surface area contributed by atoms with Gasteiger partial charge in [-0.05, 0) is 25.7 Å². The van der Waals surface area contributed by atoms with E-state index in [1.54, 1.807) is 0 Å². The molecule has 1 aliphatic carbocycles. The first kappa shape index (κ1) is 5.37. The van der Waals surface area contributed by atoms with Crippen molar-refractivity contribution in [2.75, 3.05) is 0 Å². The lowest BCUT2D eigenvalue weighted by molar-refractivity contribution is 0.865. The van der Waals surface area contributed by atoms with Crippen LogP contribution in [0.1, 0.15) is 19.3 Å². The van der Waals surface area contributed by atoms with Crippen LogP contribution in [0.5, 0.6) is 0 Å². The molecule has 0 bridgehead atoms. The van der Waals surface area contributed by atoms with Gasteiger partial charge in [-0.3, -0.25) is 0 Å². The molecule has 0 N–H and O–H groups in total. The highest BCUT2D eigenvalue weighted by molar-refractivity contribution is 5.23. The molecule has 0 amide bonds. The van der Waals surface area contributed by atoms with Gasteiger partial charge < -0.3 is 0 Å². The average molecular weight is 106 g/mol. The lowest BCUT2D eigenvalue weighted by atomic mass is 10.0. The zero-order chi connectivity index (χ0) is 5.82. The van der Waals surface area contributed by atoms with Gasteiger partial charge in [0.1, 0.15) is 0 Å². The lowest BCUT2D eigenvalue weighted by Gasteiger charge is -2.02. The Morgan fingerprint density at radius 1 is 1.62 bits per heavy atom. The van der Waals surface area contributed by atoms with E-state index in [9.17, 15) is 0 Å². The van der Waals surface area contributed by atoms with E-state index in [1.807, 2.05) is 6.08 Å². The number of rotatable bonds is 0. The molecule has 1 radical (unpaired) electrons. The van der Waals surface area contributed by atoms with Crippen molar-refractivity contribution in [3.8, 4) is 6.07 Å². The monoisotopic (exact) mass is 106 g/mol. The molecule has 0 fully saturated rings. The summed E-state index contributed by atoms with van der Waals surface area (Å²) in [5.41, 5.74) is 0.951. The van der Waals surface area contributed by atoms with Crippen LogP contribution >= 0.6 is 0 Å². The number of hydrogen-bond acceptors (Lipinski definition) is 1. The van der Waals surface area contributed by atoms with Crippen molar-refractivity contribution in [2.45, 2.75) is 19.3 Å². The summed E-state index contributed by atoms with van der Waals surface area (Å²) in [4.78, 5) is 0. The van der Waals surface area contributed by atoms with Crippen molar-refractivity contribution in [1.29, 1.82) is 5.26 Å². The summed E-state index contributed by atoms with van der Waals surface area (Å²) in [5, 5.41) is 8.36. The molecule has 0 aromatic heterocycles. The maximum Gasteiger partial charge on any atom is 0.0943 e. The largest absolute Gasteiger partial charge is 0.193 e. The Hall–Kier alpha value is -0.770. The molecule has 0 aromatic rings. The van der Waals surface area contributed by atoms with Crippen molar-refractivity contribution >= 4 is 0 Å². The summed E-state index contributed by atoms with van der Waals surface area (Å²) in [5.74, 6) is 0. The van der Waals surface area contributed by atoms with Crippen molar-refractivity contribution in [3.05, 3.63) is 18.1 Å². The smallest absolute Gasteiger partial charge is 0.0943 e. The Bertz CT molecular complexity index is 139. The van der Waals surface area contributed by atoms with Crippen molar-refractivity contribution < 1.29 is 0 Å². The molecule has 0 heterocycles. The van der Waals surface area contributed by atoms with E-state index in [-0.39, 0.29) is 0 Å². The maximum atomic E-state index is 8.36. The molecule has 1 heteroatoms. The van der Waals surface area contributed by atoms with Crippen LogP contribution in [0.2, 0.25) is 0 Å². The molecule has 1 rings (SSSR count). The SMILES string of the molecule is N#CC1=CC[CH]CC1. The molecule has 1 nitrogen and oxygen atoms in total. The van der Waals surface area contributed by atoms with Crippen molar-refractivity contribution in [3.63, 3.8) is 0 Å². The predicted molar refractivity (Wildman–Crippen MR) is 31.8 cm³/mol. The second kappa shape index (κ2) is 2.52. The molecular formula is C7H8N. The molecule has 0 saturated heterocycles. The van der Waals surface area contributed by atoms with Crippen LogP contribution in [0.15, 0.2) is 11.6 Å². The summed E-state index contributed by atoms with van der Waals surface area (Å²) in [6.45, 7) is 0. The summed E-state index contributed by atoms with van der Waals surface area (Å²) >= 11 is 0. The molecule has 8 heavy (non-hydrogen) atoms. The van der Waals surface area contributed by atoms with Crippen LogP contribution in [-0.2, 0) is 0 Å². The first-order valence-electron chi connectivity index (χ1n) is 2.84. The van der Waals surface area contributed by atoms with E-state index in [0.29, 0.717) is 0 Å². The molecule has 0 atom stereocenters. The van der Waals surface area contributed by atoms with E-state index in [1.165, 1.54) is 0 Å². The Morgan fingerprint density at radius 2 is 2.50 bits per heavy atom. The van der Waals surface area contributed by atoms with Gasteiger partial charge in [0.2, 0.25) is 0 Å². The first-order valence-corrected chi connectivity index (χ1v) is 2.84. The normalized spacial score (nSPS) is 19.1. The van der Waals surface area contributed by atoms with E-state index < -0.39 is 0 Å². The summed E-state index contributed by atoms with van der Waals surface area (Å²) in [6, 6.07) is 2.14. The van der Waals surface area contributed by atoms with Gasteiger partial charge in [0.05, 0.1) is 6.07 Å². The van der Waals surface area contributed by atoms with Crippen molar-refractivity contribution in [1.82, 2.24) is 0 Å². The molecule has 0 saturated carbocycles. The molecule has 1 aliphatic rings. The zero-order valence-corrected chi connectivity index (χ0v) is 4.72. The minimum atomic E-state index is 0.951. The standard InChI is InChI=1S/C7H8N/c8-6-7-4-2-1-3-5-7/h1,4H,2-3,5H2. The van der Waals surface area contributed by atoms with E-state index in [4.69, 9.17) is 5.26 Å². The maximum absolute atomic E-state index is 8.36. The number of nitriles is 1. The Morgan fingerprint density at radius 3 is 2.88 bits per heavy atom. The van der Waals surface area contributed by atoms with E-state index >= 15 is 0 Å². The second-order valence-corrected chi connectivity index (χ2v) is 1.90. The third-order valence-corrected chi connectivity index (χ3v) is 1.29. The van der Waals surface area contributed by atoms with Gasteiger partial charge in [-0.1, -0.05) is 6.08 Å². The van der Waals surface area contributed by atoms with Gasteiger partial charge in [-0.25, -0.2) is 0 Å². The first-order chi connectivity index (χ1) is 3.93. The van der Waals surface area contributed by atoms with Crippen LogP contribution in [-0.4, -0.2) is 0 Å². The quantitative estimate of drug-likeness (QED) is 0.462. The molecule has 0 aliphatic heterocycles. The van der Waals surface area contributed by atoms with Gasteiger partial charge in [0.15, 0.2) is 0 Å². The van der Waals surface area contributed by atoms with Crippen LogP contribution in [0.4, 0.5) is 0 Å². The van der Waals surface area contributed by atoms with Gasteiger partial charge >= 0.3 is 0 Å². The fourth-order valence-corrected chi connectivity index (χ4v) is 0.805. The number of nitrogens with zero attached hydrogens (tertiary/aromatic N) is 1. The molecule has 41 valence electrons. The Labute approximate surface area is 49.6 Å². The van der Waals surface area contributed by atoms with Crippen molar-refractivity contribution in [2.24, 2.45) is 0 Å². The van der Waals surface area contributed by atoms with E-state index in [0.717, 1.165) is 24.8 Å². The third kappa shape index (κ3) is 1.10. The summed E-state index contributed by atoms with van der Waals surface area (Å²) < 4.78 is 0. The number of allylic oxidation sites excluding steroid dienone is 2. The Balaban J connectivity index is 2.53. The van der Waals surface area contributed by atoms with Gasteiger partial charge in [0, 0.05) is 5.57 Å². The van der Waals surface area contributed by atoms with Crippen LogP contribution in [0, 0.1) is 17.8 Å². The lowest BCUT2D eigenvalue weighted by Crippen LogP contribution is -1.88. The Kier molecular flexibility index (Phi) is 1.69. The molecule has 0 aromatic carbocycles. The summed E-state index contributed by atoms with van der Waals surface area (Å²) in [6.07, 6.45) is 7.21. The molecule has 0 spiro atoms. The molecular weight excluding hydrogens is 98.1 g/mol. The van der Waals surface area contributed by atoms with Gasteiger partial charge in [-0.2, -0.15) is 5.26 Å². The molecule has 0 unspecified atom stereocenters. The van der Waals surface area contributed by atoms with Gasteiger partial charge in [0.25, 0.3) is 0 Å². The second-order valence-electron chi connectivity index (χ2n) is 1.90. The average Bonchev–Trinajstić information content (AvgIpc) is 1.90. The van der Waals surface area contributed by atoms with Gasteiger partial charge in [-0.15, -0.1) is 0 Å². The fraction of sp³-hybridized carbons (Fsp3) is 0.429. The fourth-order valence-electron chi connectivity index (χ4n) is 0.805. The minimum absolute atomic E-state index is 0.951.